The minimum absolute atomic E-state index is 0.0289. The molecule has 0 fully saturated rings. The highest BCUT2D eigenvalue weighted by molar-refractivity contribution is 6.15. The van der Waals surface area contributed by atoms with Gasteiger partial charge in [-0.3, -0.25) is 9.48 Å². The molecular formula is C25H26N2O4. The summed E-state index contributed by atoms with van der Waals surface area (Å²) in [6, 6.07) is 13.5. The lowest BCUT2D eigenvalue weighted by Crippen LogP contribution is -2.10. The number of carbonyl (C=O) groups is 1. The number of aryl methyl sites for hydroxylation is 2. The van der Waals surface area contributed by atoms with Crippen LogP contribution >= 0.6 is 0 Å². The second-order valence-electron chi connectivity index (χ2n) is 7.61. The van der Waals surface area contributed by atoms with Crippen LogP contribution in [0.5, 0.6) is 17.2 Å². The van der Waals surface area contributed by atoms with E-state index in [4.69, 9.17) is 14.2 Å². The van der Waals surface area contributed by atoms with E-state index < -0.39 is 0 Å². The van der Waals surface area contributed by atoms with Crippen LogP contribution in [0.25, 0.3) is 6.08 Å². The van der Waals surface area contributed by atoms with Crippen molar-refractivity contribution in [2.24, 2.45) is 0 Å². The van der Waals surface area contributed by atoms with Gasteiger partial charge in [0.2, 0.25) is 0 Å². The van der Waals surface area contributed by atoms with Crippen LogP contribution in [-0.4, -0.2) is 36.4 Å². The lowest BCUT2D eigenvalue weighted by atomic mass is 10.1. The topological polar surface area (TPSA) is 62.6 Å². The summed E-state index contributed by atoms with van der Waals surface area (Å²) >= 11 is 0. The second kappa shape index (κ2) is 8.68. The highest BCUT2D eigenvalue weighted by Crippen LogP contribution is 2.37. The number of ketones is 1. The molecule has 6 heteroatoms. The molecule has 4 rings (SSSR count). The third-order valence-electron chi connectivity index (χ3n) is 5.42. The van der Waals surface area contributed by atoms with Crippen LogP contribution in [0.4, 0.5) is 0 Å². The Hall–Kier alpha value is -3.54. The monoisotopic (exact) mass is 418 g/mol. The molecule has 1 heterocycles. The van der Waals surface area contributed by atoms with E-state index in [-0.39, 0.29) is 5.78 Å². The lowest BCUT2D eigenvalue weighted by Gasteiger charge is -2.08. The zero-order valence-corrected chi connectivity index (χ0v) is 18.3. The predicted molar refractivity (Wildman–Crippen MR) is 119 cm³/mol. The molecule has 1 aliphatic rings. The van der Waals surface area contributed by atoms with Gasteiger partial charge >= 0.3 is 0 Å². The number of nitrogens with zero attached hydrogens (tertiary/aromatic N) is 2. The summed E-state index contributed by atoms with van der Waals surface area (Å²) in [6.45, 7) is 5.26. The fourth-order valence-electron chi connectivity index (χ4n) is 3.87. The smallest absolute Gasteiger partial charge is 0.189 e. The molecule has 0 saturated heterocycles. The van der Waals surface area contributed by atoms with Crippen molar-refractivity contribution in [3.05, 3.63) is 76.1 Å². The van der Waals surface area contributed by atoms with Crippen molar-refractivity contribution in [1.29, 1.82) is 0 Å². The minimum atomic E-state index is 0.0289. The molecule has 6 nitrogen and oxygen atoms in total. The highest BCUT2D eigenvalue weighted by atomic mass is 16.5. The zero-order chi connectivity index (χ0) is 22.0. The number of hydrogen-bond donors (Lipinski definition) is 0. The fraction of sp³-hybridized carbons (Fsp3) is 0.280. The maximum absolute atomic E-state index is 12.8. The molecule has 2 aromatic carbocycles. The first-order valence-corrected chi connectivity index (χ1v) is 10.2. The van der Waals surface area contributed by atoms with Crippen LogP contribution in [0.3, 0.4) is 0 Å². The SMILES string of the molecule is COc1cc2c(cc1OC)C(=O)C(=Cc1ccc(OCCn3nc(C)cc3C)cc1)C2. The number of methoxy groups -OCH3 is 2. The first-order valence-electron chi connectivity index (χ1n) is 10.2. The number of benzene rings is 2. The number of fused-ring (bicyclic) bond motifs is 1. The maximum atomic E-state index is 12.8. The number of ether oxygens (including phenoxy) is 3. The molecule has 160 valence electrons. The molecule has 0 spiro atoms. The molecule has 0 N–H and O–H groups in total. The van der Waals surface area contributed by atoms with Gasteiger partial charge in [0.05, 0.1) is 26.5 Å². The van der Waals surface area contributed by atoms with Crippen LogP contribution in [0.2, 0.25) is 0 Å². The Balaban J connectivity index is 1.42. The average molecular weight is 418 g/mol. The molecule has 1 aromatic heterocycles. The minimum Gasteiger partial charge on any atom is -0.493 e. The third-order valence-corrected chi connectivity index (χ3v) is 5.42. The summed E-state index contributed by atoms with van der Waals surface area (Å²) in [7, 11) is 3.17. The molecule has 0 atom stereocenters. The van der Waals surface area contributed by atoms with Gasteiger partial charge in [0, 0.05) is 23.3 Å². The number of Topliss-reactive ketones (excluding diaryl/α,β-unsaturated/α-hetero) is 1. The van der Waals surface area contributed by atoms with Crippen molar-refractivity contribution in [3.8, 4) is 17.2 Å². The third kappa shape index (κ3) is 4.33. The van der Waals surface area contributed by atoms with Gasteiger partial charge in [0.25, 0.3) is 0 Å². The summed E-state index contributed by atoms with van der Waals surface area (Å²) in [4.78, 5) is 12.8. The number of allylic oxidation sites excluding steroid dienone is 1. The normalized spacial score (nSPS) is 14.1. The van der Waals surface area contributed by atoms with Crippen LogP contribution in [0, 0.1) is 13.8 Å². The van der Waals surface area contributed by atoms with Crippen LogP contribution in [-0.2, 0) is 13.0 Å². The van der Waals surface area contributed by atoms with Crippen molar-refractivity contribution in [2.75, 3.05) is 20.8 Å². The van der Waals surface area contributed by atoms with Crippen LogP contribution < -0.4 is 14.2 Å². The Bertz CT molecular complexity index is 1140. The van der Waals surface area contributed by atoms with Gasteiger partial charge < -0.3 is 14.2 Å². The van der Waals surface area contributed by atoms with Gasteiger partial charge in [0.1, 0.15) is 12.4 Å². The number of carbonyl (C=O) groups excluding carboxylic acids is 1. The molecule has 0 amide bonds. The summed E-state index contributed by atoms with van der Waals surface area (Å²) < 4.78 is 18.5. The summed E-state index contributed by atoms with van der Waals surface area (Å²) in [6.07, 6.45) is 2.51. The number of rotatable bonds is 7. The van der Waals surface area contributed by atoms with Gasteiger partial charge in [-0.2, -0.15) is 5.10 Å². The predicted octanol–water partition coefficient (Wildman–Crippen LogP) is 4.42. The maximum Gasteiger partial charge on any atom is 0.189 e. The highest BCUT2D eigenvalue weighted by Gasteiger charge is 2.27. The van der Waals surface area contributed by atoms with Gasteiger partial charge in [-0.15, -0.1) is 0 Å². The first kappa shape index (κ1) is 20.7. The molecular weight excluding hydrogens is 392 g/mol. The van der Waals surface area contributed by atoms with E-state index in [1.54, 1.807) is 20.3 Å². The van der Waals surface area contributed by atoms with Gasteiger partial charge in [0.15, 0.2) is 17.3 Å². The van der Waals surface area contributed by atoms with E-state index >= 15 is 0 Å². The quantitative estimate of drug-likeness (QED) is 0.532. The Labute approximate surface area is 182 Å². The molecule has 0 bridgehead atoms. The molecule has 0 saturated carbocycles. The van der Waals surface area contributed by atoms with E-state index in [9.17, 15) is 4.79 Å². The van der Waals surface area contributed by atoms with E-state index in [0.717, 1.165) is 33.8 Å². The standard InChI is InChI=1S/C25H26N2O4/c1-16-11-17(2)27(26-16)9-10-31-21-7-5-18(6-8-21)12-20-13-19-14-23(29-3)24(30-4)15-22(19)25(20)28/h5-8,11-12,14-15H,9-10,13H2,1-4H3. The van der Waals surface area contributed by atoms with Gasteiger partial charge in [-0.1, -0.05) is 12.1 Å². The van der Waals surface area contributed by atoms with Gasteiger partial charge in [-0.05, 0) is 61.4 Å². The van der Waals surface area contributed by atoms with Crippen molar-refractivity contribution < 1.29 is 19.0 Å². The van der Waals surface area contributed by atoms with E-state index in [1.165, 1.54) is 0 Å². The molecule has 0 radical (unpaired) electrons. The zero-order valence-electron chi connectivity index (χ0n) is 18.3. The Morgan fingerprint density at radius 3 is 2.39 bits per heavy atom. The van der Waals surface area contributed by atoms with E-state index in [0.29, 0.717) is 36.6 Å². The number of aromatic nitrogens is 2. The molecule has 3 aromatic rings. The largest absolute Gasteiger partial charge is 0.493 e. The molecule has 1 aliphatic carbocycles. The second-order valence-corrected chi connectivity index (χ2v) is 7.61. The summed E-state index contributed by atoms with van der Waals surface area (Å²) in [5, 5.41) is 4.44. The van der Waals surface area contributed by atoms with Crippen molar-refractivity contribution in [1.82, 2.24) is 9.78 Å². The average Bonchev–Trinajstić information content (AvgIpc) is 3.25. The summed E-state index contributed by atoms with van der Waals surface area (Å²) in [5.74, 6) is 2.02. The van der Waals surface area contributed by atoms with Crippen LogP contribution in [0.1, 0.15) is 32.9 Å². The van der Waals surface area contributed by atoms with Crippen molar-refractivity contribution in [3.63, 3.8) is 0 Å². The lowest BCUT2D eigenvalue weighted by molar-refractivity contribution is 0.104. The molecule has 31 heavy (non-hydrogen) atoms. The van der Waals surface area contributed by atoms with E-state index in [1.807, 2.05) is 54.9 Å². The Morgan fingerprint density at radius 1 is 1.03 bits per heavy atom. The van der Waals surface area contributed by atoms with E-state index in [2.05, 4.69) is 11.2 Å². The fourth-order valence-corrected chi connectivity index (χ4v) is 3.87. The number of hydrogen-bond acceptors (Lipinski definition) is 5. The summed E-state index contributed by atoms with van der Waals surface area (Å²) in [5.41, 5.74) is 5.48. The Morgan fingerprint density at radius 2 is 1.74 bits per heavy atom. The van der Waals surface area contributed by atoms with Crippen molar-refractivity contribution >= 4 is 11.9 Å². The van der Waals surface area contributed by atoms with Crippen LogP contribution in [0.15, 0.2) is 48.0 Å². The first-order chi connectivity index (χ1) is 15.0. The van der Waals surface area contributed by atoms with Gasteiger partial charge in [-0.25, -0.2) is 0 Å². The Kier molecular flexibility index (Phi) is 5.80. The molecule has 0 aliphatic heterocycles. The molecule has 0 unspecified atom stereocenters. The van der Waals surface area contributed by atoms with Crippen molar-refractivity contribution in [2.45, 2.75) is 26.8 Å².